The zero-order valence-electron chi connectivity index (χ0n) is 67.6. The third-order valence-electron chi connectivity index (χ3n) is 17.6. The number of carbonyl (C=O) groups excluding carboxylic acids is 2. The van der Waals surface area contributed by atoms with E-state index in [0.29, 0.717) is 47.2 Å². The van der Waals surface area contributed by atoms with Crippen LogP contribution in [0.15, 0.2) is 195 Å². The summed E-state index contributed by atoms with van der Waals surface area (Å²) in [4.78, 5) is 87.6. The van der Waals surface area contributed by atoms with Crippen LogP contribution in [-0.2, 0) is 118 Å². The number of nitriles is 4. The summed E-state index contributed by atoms with van der Waals surface area (Å²) in [5.74, 6) is -1.45. The summed E-state index contributed by atoms with van der Waals surface area (Å²) in [6.07, 6.45) is 44.0. The third-order valence-corrected chi connectivity index (χ3v) is 22.5. The Morgan fingerprint density at radius 1 is 0.347 bits per heavy atom. The Labute approximate surface area is 774 Å². The van der Waals surface area contributed by atoms with Gasteiger partial charge in [-0.1, -0.05) is 152 Å². The molecule has 0 aliphatic carbocycles. The summed E-state index contributed by atoms with van der Waals surface area (Å²) in [5.41, 5.74) is 10.9. The molecule has 12 rings (SSSR count). The predicted octanol–water partition coefficient (Wildman–Crippen LogP) is 23.8. The van der Waals surface area contributed by atoms with Gasteiger partial charge in [0, 0.05) is 101 Å². The van der Waals surface area contributed by atoms with Crippen LogP contribution in [0.5, 0.6) is 11.5 Å². The second-order valence-electron chi connectivity index (χ2n) is 26.2. The number of carboxylic acid groups (broad SMARTS) is 2. The van der Waals surface area contributed by atoms with E-state index in [4.69, 9.17) is 36.2 Å². The van der Waals surface area contributed by atoms with Crippen LogP contribution >= 0.6 is 45.3 Å². The molecule has 0 atom stereocenters. The molecule has 121 heavy (non-hydrogen) atoms. The minimum Gasteiger partial charge on any atom is -0.696 e. The third kappa shape index (κ3) is 40.5. The van der Waals surface area contributed by atoms with Crippen LogP contribution in [0, 0.1) is 49.6 Å². The Hall–Kier alpha value is -10.0. The van der Waals surface area contributed by atoms with E-state index in [1.807, 2.05) is 70.1 Å². The van der Waals surface area contributed by atoms with Gasteiger partial charge in [0.1, 0.15) is 11.5 Å². The first-order chi connectivity index (χ1) is 58.0. The molecule has 12 heterocycles. The van der Waals surface area contributed by atoms with E-state index in [9.17, 15) is 19.2 Å². The second kappa shape index (κ2) is 63.9. The Morgan fingerprint density at radius 3 is 0.983 bits per heavy atom. The number of nitrogens with zero attached hydrogens (tertiary/aromatic N) is 12. The number of hydrogen-bond donors (Lipinski definition) is 2. The monoisotopic (exact) mass is 1940 g/mol. The quantitative estimate of drug-likeness (QED) is 0.0120. The number of carbonyl (C=O) groups is 4. The van der Waals surface area contributed by atoms with Gasteiger partial charge in [0.25, 0.3) is 12.9 Å². The van der Waals surface area contributed by atoms with Crippen molar-refractivity contribution in [3.8, 4) is 119 Å². The maximum absolute atomic E-state index is 10.8. The molecule has 2 N–H and O–H groups in total. The Kier molecular flexibility index (Phi) is 55.5. The molecule has 0 aliphatic heterocycles. The smallest absolute Gasteiger partial charge is 0.696 e. The SMILES string of the molecule is CCCCCCCCCc1ccnc(-c2cc(CCCCCCCCC)ccn2)c1.CCCCCCCCc1ccc(-c2ccc(-c3ccnc(-c4cc(-c5ccc(-c6ccc(C)s6)s5)ccn4)c3)s2)s1.N#C[S-].N#C[S-].N#C[S-].N#C[S-].O=COc1ccnc(-c2cc(C(=O)O)ccn2)c1.O=COc1ccnc(-c2cc(C(=O)O)ccn2)c1.[Ru+2].[Ru+2]. The summed E-state index contributed by atoms with van der Waals surface area (Å²) in [6.45, 7) is 9.61. The molecular weight excluding hydrogens is 1850 g/mol. The number of rotatable bonds is 37. The largest absolute Gasteiger partial charge is 2.00 e. The molecule has 0 saturated heterocycles. The molecule has 0 aromatic carbocycles. The minimum atomic E-state index is -1.04. The van der Waals surface area contributed by atoms with Crippen LogP contribution in [-0.4, -0.2) is 75.0 Å². The van der Waals surface area contributed by atoms with E-state index >= 15 is 0 Å². The molecule has 0 amide bonds. The van der Waals surface area contributed by atoms with E-state index in [2.05, 4.69) is 220 Å². The Balaban J connectivity index is 0.000000416. The number of carboxylic acids is 2. The average molecular weight is 1940 g/mol. The zero-order valence-corrected chi connectivity index (χ0v) is 77.6. The van der Waals surface area contributed by atoms with Crippen molar-refractivity contribution in [2.24, 2.45) is 0 Å². The van der Waals surface area contributed by atoms with Gasteiger partial charge in [-0.25, -0.2) is 30.6 Å². The van der Waals surface area contributed by atoms with Gasteiger partial charge < -0.3 is 70.2 Å². The standard InChI is InChI=1S/C35H34N2S4.C28H44N2.2C12H8N2O4.4CHNS.2Ru/c1-3-4-5-6-7-8-9-27-11-13-33(39-27)35-17-15-31(41-35)26-19-21-37-29(23-26)28-22-25(18-20-36-28)30-14-16-34(40-30)32-12-10-24(2)38-32;1-3-5-7-9-11-13-15-17-25-19-21-29-27(23-25)28-24-26(20-22-30-28)18-16-14-12-10-8-6-4-2;2*15-7-18-9-2-4-14-11(6-9)10-5-8(12(16)17)1-3-13-10;4*2-1-3;;/h10-23H,3-9H2,1-2H3;19-24H,3-18H2,1-2H3;2*1-7H,(H,16,17);4*3H;;/q;;;;;;;;2*+2/p-4. The van der Waals surface area contributed by atoms with Gasteiger partial charge in [-0.2, -0.15) is 0 Å². The number of unbranched alkanes of at least 4 members (excludes halogenated alkanes) is 17. The van der Waals surface area contributed by atoms with Crippen molar-refractivity contribution in [1.82, 2.24) is 39.9 Å². The van der Waals surface area contributed by atoms with Crippen molar-refractivity contribution in [3.63, 3.8) is 0 Å². The first kappa shape index (κ1) is 105. The molecular formula is C91H94N12O8Ru2S8. The van der Waals surface area contributed by atoms with Crippen LogP contribution in [0.25, 0.3) is 85.9 Å². The summed E-state index contributed by atoms with van der Waals surface area (Å²) in [5, 5.41) is 51.6. The van der Waals surface area contributed by atoms with E-state index in [1.165, 1.54) is 291 Å². The van der Waals surface area contributed by atoms with Crippen molar-refractivity contribution in [1.29, 1.82) is 21.0 Å². The number of ether oxygens (including phenoxy) is 2. The van der Waals surface area contributed by atoms with Crippen molar-refractivity contribution in [3.05, 3.63) is 227 Å². The van der Waals surface area contributed by atoms with Crippen LogP contribution in [0.1, 0.15) is 191 Å². The average Bonchev–Trinajstić information content (AvgIpc) is 1.72. The van der Waals surface area contributed by atoms with Gasteiger partial charge in [0.15, 0.2) is 0 Å². The Bertz CT molecular complexity index is 4980. The number of aromatic nitrogens is 8. The van der Waals surface area contributed by atoms with Crippen LogP contribution in [0.2, 0.25) is 0 Å². The van der Waals surface area contributed by atoms with E-state index in [1.54, 1.807) is 0 Å². The van der Waals surface area contributed by atoms with Crippen molar-refractivity contribution < 1.29 is 77.8 Å². The molecule has 12 aromatic rings. The maximum Gasteiger partial charge on any atom is 2.00 e. The summed E-state index contributed by atoms with van der Waals surface area (Å²) >= 11 is 22.3. The van der Waals surface area contributed by atoms with Crippen molar-refractivity contribution in [2.75, 3.05) is 0 Å². The van der Waals surface area contributed by atoms with Crippen molar-refractivity contribution in [2.45, 2.75) is 175 Å². The molecule has 0 unspecified atom stereocenters. The van der Waals surface area contributed by atoms with Crippen LogP contribution in [0.4, 0.5) is 0 Å². The van der Waals surface area contributed by atoms with E-state index in [-0.39, 0.29) is 50.1 Å². The molecule has 0 radical (unpaired) electrons. The molecule has 0 spiro atoms. The van der Waals surface area contributed by atoms with Gasteiger partial charge in [-0.15, -0.1) is 45.3 Å². The first-order valence-electron chi connectivity index (χ1n) is 38.8. The van der Waals surface area contributed by atoms with Gasteiger partial charge in [0.2, 0.25) is 0 Å². The fourth-order valence-electron chi connectivity index (χ4n) is 11.9. The molecule has 0 aliphatic rings. The molecule has 630 valence electrons. The van der Waals surface area contributed by atoms with Gasteiger partial charge in [-0.3, -0.25) is 49.5 Å². The van der Waals surface area contributed by atoms with E-state index in [0.717, 1.165) is 35.6 Å². The molecule has 0 fully saturated rings. The molecule has 0 saturated carbocycles. The molecule has 0 bridgehead atoms. The van der Waals surface area contributed by atoms with Crippen molar-refractivity contribution >= 4 is 121 Å². The predicted molar refractivity (Wildman–Crippen MR) is 488 cm³/mol. The fraction of sp³-hybridized carbons (Fsp3) is 0.297. The molecule has 20 nitrogen and oxygen atoms in total. The topological polar surface area (TPSA) is 325 Å². The number of aryl methyl sites for hydroxylation is 4. The van der Waals surface area contributed by atoms with Crippen LogP contribution in [0.3, 0.4) is 0 Å². The Morgan fingerprint density at radius 2 is 0.628 bits per heavy atom. The fourth-order valence-corrected chi connectivity index (χ4v) is 16.0. The normalized spacial score (nSPS) is 9.75. The number of thiocyanates is 4. The summed E-state index contributed by atoms with van der Waals surface area (Å²) in [6, 6.07) is 47.0. The second-order valence-corrected chi connectivity index (χ2v) is 31.6. The number of thiophene rings is 4. The number of hydrogen-bond acceptors (Lipinski definition) is 26. The van der Waals surface area contributed by atoms with Gasteiger partial charge in [0.05, 0.1) is 56.7 Å². The number of aromatic carboxylic acids is 2. The van der Waals surface area contributed by atoms with E-state index < -0.39 is 11.9 Å². The van der Waals surface area contributed by atoms with Crippen LogP contribution < -0.4 is 9.47 Å². The summed E-state index contributed by atoms with van der Waals surface area (Å²) in [7, 11) is 0. The molecule has 30 heteroatoms. The summed E-state index contributed by atoms with van der Waals surface area (Å²) < 4.78 is 9.36. The molecule has 12 aromatic heterocycles. The maximum atomic E-state index is 10.8. The minimum absolute atomic E-state index is 0. The van der Waals surface area contributed by atoms with Gasteiger partial charge in [-0.05, 0) is 201 Å². The number of pyridine rings is 8. The zero-order chi connectivity index (χ0) is 86.0. The van der Waals surface area contributed by atoms with Gasteiger partial charge >= 0.3 is 50.9 Å². The first-order valence-corrected chi connectivity index (χ1v) is 43.7.